The topological polar surface area (TPSA) is 92.5 Å². The fourth-order valence-electron chi connectivity index (χ4n) is 2.73. The minimum atomic E-state index is -0.467. The predicted octanol–water partition coefficient (Wildman–Crippen LogP) is 1.80. The molecule has 0 heterocycles. The molecule has 6 nitrogen and oxygen atoms in total. The minimum absolute atomic E-state index is 0.00398. The number of nitro groups is 1. The molecule has 0 saturated heterocycles. The fraction of sp³-hybridized carbons (Fsp3) is 0.533. The first-order valence-electron chi connectivity index (χ1n) is 7.22. The van der Waals surface area contributed by atoms with Crippen LogP contribution in [-0.4, -0.2) is 28.6 Å². The van der Waals surface area contributed by atoms with Crippen molar-refractivity contribution < 1.29 is 14.8 Å². The first-order chi connectivity index (χ1) is 10.0. The van der Waals surface area contributed by atoms with Gasteiger partial charge in [0.05, 0.1) is 17.4 Å². The molecule has 21 heavy (non-hydrogen) atoms. The lowest BCUT2D eigenvalue weighted by Gasteiger charge is -2.25. The lowest BCUT2D eigenvalue weighted by molar-refractivity contribution is -0.384. The molecule has 0 aliphatic heterocycles. The van der Waals surface area contributed by atoms with Gasteiger partial charge in [0.25, 0.3) is 5.69 Å². The van der Waals surface area contributed by atoms with Crippen molar-refractivity contribution in [1.82, 2.24) is 5.32 Å². The highest BCUT2D eigenvalue weighted by atomic mass is 16.6. The summed E-state index contributed by atoms with van der Waals surface area (Å²) in [5.74, 6) is 0.179. The van der Waals surface area contributed by atoms with Crippen molar-refractivity contribution in [2.24, 2.45) is 5.92 Å². The molecule has 0 aromatic heterocycles. The molecule has 2 unspecified atom stereocenters. The monoisotopic (exact) mass is 292 g/mol. The van der Waals surface area contributed by atoms with Gasteiger partial charge in [0.15, 0.2) is 0 Å². The highest BCUT2D eigenvalue weighted by Gasteiger charge is 2.20. The summed E-state index contributed by atoms with van der Waals surface area (Å²) in [6, 6.07) is 6.12. The largest absolute Gasteiger partial charge is 0.393 e. The Bertz CT molecular complexity index is 518. The van der Waals surface area contributed by atoms with E-state index in [2.05, 4.69) is 5.32 Å². The summed E-state index contributed by atoms with van der Waals surface area (Å²) in [5, 5.41) is 23.1. The van der Waals surface area contributed by atoms with E-state index in [0.29, 0.717) is 18.0 Å². The van der Waals surface area contributed by atoms with Crippen LogP contribution in [0.5, 0.6) is 0 Å². The Hall–Kier alpha value is -1.95. The highest BCUT2D eigenvalue weighted by Crippen LogP contribution is 2.23. The number of aliphatic hydroxyl groups excluding tert-OH is 1. The second-order valence-electron chi connectivity index (χ2n) is 5.59. The average Bonchev–Trinajstić information content (AvgIpc) is 2.45. The van der Waals surface area contributed by atoms with Crippen LogP contribution in [0.15, 0.2) is 24.3 Å². The summed E-state index contributed by atoms with van der Waals surface area (Å²) in [6.45, 7) is 0.560. The predicted molar refractivity (Wildman–Crippen MR) is 77.8 cm³/mol. The number of rotatable bonds is 5. The van der Waals surface area contributed by atoms with E-state index in [4.69, 9.17) is 0 Å². The molecule has 1 aromatic rings. The molecule has 1 amide bonds. The van der Waals surface area contributed by atoms with E-state index in [1.54, 1.807) is 12.1 Å². The summed E-state index contributed by atoms with van der Waals surface area (Å²) in [7, 11) is 0. The maximum absolute atomic E-state index is 11.9. The number of nitrogens with one attached hydrogen (secondary N) is 1. The van der Waals surface area contributed by atoms with Gasteiger partial charge in [-0.1, -0.05) is 18.6 Å². The maximum Gasteiger partial charge on any atom is 0.269 e. The summed E-state index contributed by atoms with van der Waals surface area (Å²) < 4.78 is 0. The van der Waals surface area contributed by atoms with Gasteiger partial charge in [-0.05, 0) is 30.7 Å². The van der Waals surface area contributed by atoms with E-state index in [0.717, 1.165) is 25.7 Å². The molecule has 2 atom stereocenters. The summed E-state index contributed by atoms with van der Waals surface area (Å²) in [5.41, 5.74) is 0.626. The van der Waals surface area contributed by atoms with Crippen LogP contribution in [0.3, 0.4) is 0 Å². The number of benzene rings is 1. The van der Waals surface area contributed by atoms with Crippen LogP contribution < -0.4 is 5.32 Å². The van der Waals surface area contributed by atoms with Crippen LogP contribution in [0.2, 0.25) is 0 Å². The molecule has 2 N–H and O–H groups in total. The third-order valence-corrected chi connectivity index (χ3v) is 3.83. The van der Waals surface area contributed by atoms with Crippen LogP contribution in [-0.2, 0) is 11.2 Å². The van der Waals surface area contributed by atoms with Gasteiger partial charge in [-0.3, -0.25) is 14.9 Å². The second kappa shape index (κ2) is 7.17. The number of amides is 1. The van der Waals surface area contributed by atoms with Gasteiger partial charge in [-0.25, -0.2) is 0 Å². The Morgan fingerprint density at radius 2 is 2.24 bits per heavy atom. The standard InChI is InChI=1S/C15H20N2O4/c18-14-6-2-4-12(8-14)10-16-15(19)9-11-3-1-5-13(7-11)17(20)21/h1,3,5,7,12,14,18H,2,4,6,8-10H2,(H,16,19). The molecule has 1 aliphatic carbocycles. The van der Waals surface area contributed by atoms with E-state index >= 15 is 0 Å². The van der Waals surface area contributed by atoms with Crippen LogP contribution in [0.1, 0.15) is 31.2 Å². The lowest BCUT2D eigenvalue weighted by Crippen LogP contribution is -2.33. The Kier molecular flexibility index (Phi) is 5.27. The van der Waals surface area contributed by atoms with Crippen LogP contribution in [0.4, 0.5) is 5.69 Å². The lowest BCUT2D eigenvalue weighted by atomic mass is 9.87. The van der Waals surface area contributed by atoms with Gasteiger partial charge < -0.3 is 10.4 Å². The molecule has 1 aliphatic rings. The van der Waals surface area contributed by atoms with Gasteiger partial charge >= 0.3 is 0 Å². The number of aliphatic hydroxyl groups is 1. The molecule has 114 valence electrons. The van der Waals surface area contributed by atoms with E-state index in [-0.39, 0.29) is 24.1 Å². The van der Waals surface area contributed by atoms with Crippen LogP contribution in [0.25, 0.3) is 0 Å². The van der Waals surface area contributed by atoms with Gasteiger partial charge in [0.1, 0.15) is 0 Å². The molecule has 1 saturated carbocycles. The van der Waals surface area contributed by atoms with Gasteiger partial charge in [-0.15, -0.1) is 0 Å². The van der Waals surface area contributed by atoms with Crippen LogP contribution >= 0.6 is 0 Å². The second-order valence-corrected chi connectivity index (χ2v) is 5.59. The van der Waals surface area contributed by atoms with Crippen molar-refractivity contribution >= 4 is 11.6 Å². The van der Waals surface area contributed by atoms with Gasteiger partial charge in [-0.2, -0.15) is 0 Å². The fourth-order valence-corrected chi connectivity index (χ4v) is 2.73. The molecule has 0 radical (unpaired) electrons. The first-order valence-corrected chi connectivity index (χ1v) is 7.22. The van der Waals surface area contributed by atoms with Crippen molar-refractivity contribution in [1.29, 1.82) is 0 Å². The summed E-state index contributed by atoms with van der Waals surface area (Å²) >= 11 is 0. The van der Waals surface area contributed by atoms with E-state index in [9.17, 15) is 20.0 Å². The zero-order chi connectivity index (χ0) is 15.2. The van der Waals surface area contributed by atoms with Crippen molar-refractivity contribution in [3.63, 3.8) is 0 Å². The van der Waals surface area contributed by atoms with E-state index in [1.165, 1.54) is 12.1 Å². The zero-order valence-corrected chi connectivity index (χ0v) is 11.8. The highest BCUT2D eigenvalue weighted by molar-refractivity contribution is 5.78. The third-order valence-electron chi connectivity index (χ3n) is 3.83. The van der Waals surface area contributed by atoms with E-state index < -0.39 is 4.92 Å². The molecule has 1 fully saturated rings. The quantitative estimate of drug-likeness (QED) is 0.639. The van der Waals surface area contributed by atoms with Gasteiger partial charge in [0, 0.05) is 18.7 Å². The molecule has 1 aromatic carbocycles. The third kappa shape index (κ3) is 4.82. The van der Waals surface area contributed by atoms with E-state index in [1.807, 2.05) is 0 Å². The SMILES string of the molecule is O=C(Cc1cccc([N+](=O)[O-])c1)NCC1CCCC(O)C1. The Balaban J connectivity index is 1.81. The summed E-state index contributed by atoms with van der Waals surface area (Å²) in [6.07, 6.45) is 3.48. The Labute approximate surface area is 123 Å². The molecular weight excluding hydrogens is 272 g/mol. The number of carbonyl (C=O) groups is 1. The number of hydrogen-bond donors (Lipinski definition) is 2. The zero-order valence-electron chi connectivity index (χ0n) is 11.8. The molecule has 6 heteroatoms. The molecule has 0 spiro atoms. The maximum atomic E-state index is 11.9. The van der Waals surface area contributed by atoms with Gasteiger partial charge in [0.2, 0.25) is 5.91 Å². The molecule has 2 rings (SSSR count). The number of nitro benzene ring substituents is 1. The molecular formula is C15H20N2O4. The number of hydrogen-bond acceptors (Lipinski definition) is 4. The minimum Gasteiger partial charge on any atom is -0.393 e. The Morgan fingerprint density at radius 1 is 1.43 bits per heavy atom. The smallest absolute Gasteiger partial charge is 0.269 e. The number of nitrogens with zero attached hydrogens (tertiary/aromatic N) is 1. The number of non-ortho nitro benzene ring substituents is 1. The van der Waals surface area contributed by atoms with Crippen molar-refractivity contribution in [3.8, 4) is 0 Å². The molecule has 0 bridgehead atoms. The number of carbonyl (C=O) groups excluding carboxylic acids is 1. The Morgan fingerprint density at radius 3 is 2.95 bits per heavy atom. The normalized spacial score (nSPS) is 21.8. The first kappa shape index (κ1) is 15.4. The summed E-state index contributed by atoms with van der Waals surface area (Å²) in [4.78, 5) is 22.1. The van der Waals surface area contributed by atoms with Crippen molar-refractivity contribution in [2.75, 3.05) is 6.54 Å². The van der Waals surface area contributed by atoms with Crippen molar-refractivity contribution in [3.05, 3.63) is 39.9 Å². The van der Waals surface area contributed by atoms with Crippen LogP contribution in [0, 0.1) is 16.0 Å². The van der Waals surface area contributed by atoms with Crippen molar-refractivity contribution in [2.45, 2.75) is 38.2 Å². The average molecular weight is 292 g/mol.